The largest absolute Gasteiger partial charge is 0.448 e. The van der Waals surface area contributed by atoms with Crippen LogP contribution in [0.15, 0.2) is 60.8 Å². The molecule has 0 aliphatic rings. The molecule has 1 amide bonds. The van der Waals surface area contributed by atoms with Gasteiger partial charge in [0.1, 0.15) is 11.4 Å². The van der Waals surface area contributed by atoms with Crippen LogP contribution in [-0.2, 0) is 4.74 Å². The Morgan fingerprint density at radius 3 is 2.51 bits per heavy atom. The summed E-state index contributed by atoms with van der Waals surface area (Å²) in [6.07, 6.45) is 0.596. The summed E-state index contributed by atoms with van der Waals surface area (Å²) < 4.78 is 33.8. The Morgan fingerprint density at radius 2 is 1.80 bits per heavy atom. The highest BCUT2D eigenvalue weighted by molar-refractivity contribution is 6.34. The number of hydrogen-bond donors (Lipinski definition) is 2. The van der Waals surface area contributed by atoms with Gasteiger partial charge in [-0.15, -0.1) is 0 Å². The Balaban J connectivity index is 1.72. The summed E-state index contributed by atoms with van der Waals surface area (Å²) in [5.41, 5.74) is 6.54. The molecule has 0 bridgehead atoms. The van der Waals surface area contributed by atoms with Crippen LogP contribution in [0.5, 0.6) is 0 Å². The van der Waals surface area contributed by atoms with Crippen LogP contribution in [0, 0.1) is 11.6 Å². The minimum atomic E-state index is -0.995. The lowest BCUT2D eigenvalue weighted by Crippen LogP contribution is -2.14. The van der Waals surface area contributed by atoms with E-state index in [1.807, 2.05) is 6.07 Å². The highest BCUT2D eigenvalue weighted by Crippen LogP contribution is 2.30. The molecule has 11 heteroatoms. The number of amides is 1. The molecule has 0 saturated carbocycles. The zero-order chi connectivity index (χ0) is 25.1. The van der Waals surface area contributed by atoms with E-state index in [2.05, 4.69) is 15.4 Å². The summed E-state index contributed by atoms with van der Waals surface area (Å²) in [5, 5.41) is 7.00. The van der Waals surface area contributed by atoms with E-state index in [1.54, 1.807) is 31.2 Å². The fourth-order valence-corrected chi connectivity index (χ4v) is 3.48. The van der Waals surface area contributed by atoms with Gasteiger partial charge >= 0.3 is 6.09 Å². The van der Waals surface area contributed by atoms with Gasteiger partial charge in [0.25, 0.3) is 5.91 Å². The van der Waals surface area contributed by atoms with Gasteiger partial charge in [-0.1, -0.05) is 48.0 Å². The SMILES string of the molecule is CCOC(=O)n1cc(NC(=O)c2cc(-c3nc(N)c(F)cc3F)ccc2Cl)c(-c2ccccc2)n1. The number of nitrogens with zero attached hydrogens (tertiary/aromatic N) is 3. The molecule has 0 fully saturated rings. The number of carbonyl (C=O) groups is 2. The van der Waals surface area contributed by atoms with Crippen molar-refractivity contribution in [2.45, 2.75) is 6.92 Å². The Kier molecular flexibility index (Phi) is 6.74. The van der Waals surface area contributed by atoms with Gasteiger partial charge in [0, 0.05) is 17.2 Å². The Morgan fingerprint density at radius 1 is 1.06 bits per heavy atom. The van der Waals surface area contributed by atoms with Crippen LogP contribution in [0.4, 0.5) is 25.1 Å². The van der Waals surface area contributed by atoms with Crippen LogP contribution in [-0.4, -0.2) is 33.4 Å². The van der Waals surface area contributed by atoms with Crippen molar-refractivity contribution in [3.63, 3.8) is 0 Å². The third-order valence-corrected chi connectivity index (χ3v) is 5.24. The number of pyridine rings is 1. The number of rotatable bonds is 5. The predicted octanol–water partition coefficient (Wildman–Crippen LogP) is 5.38. The predicted molar refractivity (Wildman–Crippen MR) is 127 cm³/mol. The van der Waals surface area contributed by atoms with E-state index in [0.29, 0.717) is 17.3 Å². The van der Waals surface area contributed by atoms with E-state index in [0.717, 1.165) is 4.68 Å². The van der Waals surface area contributed by atoms with E-state index >= 15 is 0 Å². The molecule has 0 atom stereocenters. The first kappa shape index (κ1) is 23.8. The number of nitrogens with one attached hydrogen (secondary N) is 1. The maximum Gasteiger partial charge on any atom is 0.434 e. The highest BCUT2D eigenvalue weighted by Gasteiger charge is 2.21. The van der Waals surface area contributed by atoms with Gasteiger partial charge in [-0.3, -0.25) is 4.79 Å². The maximum atomic E-state index is 14.3. The number of benzene rings is 2. The molecular formula is C24H18ClF2N5O3. The van der Waals surface area contributed by atoms with E-state index in [4.69, 9.17) is 22.1 Å². The lowest BCUT2D eigenvalue weighted by Gasteiger charge is -2.10. The number of ether oxygens (including phenoxy) is 1. The number of nitrogen functional groups attached to an aromatic ring is 1. The van der Waals surface area contributed by atoms with Crippen molar-refractivity contribution < 1.29 is 23.1 Å². The molecule has 4 rings (SSSR count). The van der Waals surface area contributed by atoms with E-state index in [9.17, 15) is 18.4 Å². The van der Waals surface area contributed by atoms with Crippen LogP contribution in [0.1, 0.15) is 17.3 Å². The molecule has 178 valence electrons. The summed E-state index contributed by atoms with van der Waals surface area (Å²) in [6, 6.07) is 13.6. The topological polar surface area (TPSA) is 112 Å². The van der Waals surface area contributed by atoms with Crippen molar-refractivity contribution in [1.29, 1.82) is 0 Å². The molecule has 0 saturated heterocycles. The van der Waals surface area contributed by atoms with Crippen LogP contribution in [0.25, 0.3) is 22.5 Å². The van der Waals surface area contributed by atoms with Crippen LogP contribution < -0.4 is 11.1 Å². The molecule has 8 nitrogen and oxygen atoms in total. The molecule has 0 radical (unpaired) electrons. The highest BCUT2D eigenvalue weighted by atomic mass is 35.5. The lowest BCUT2D eigenvalue weighted by molar-refractivity contribution is 0.102. The van der Waals surface area contributed by atoms with Gasteiger partial charge in [-0.05, 0) is 19.1 Å². The summed E-state index contributed by atoms with van der Waals surface area (Å²) in [5.74, 6) is -3.09. The number of halogens is 3. The standard InChI is InChI=1S/C24H18ClF2N5O3/c1-2-35-24(34)32-12-19(21(31-32)13-6-4-3-5-7-13)29-23(33)15-10-14(8-9-16(15)25)20-17(26)11-18(27)22(28)30-20/h3-12H,2H2,1H3,(H2,28,30)(H,29,33). The van der Waals surface area contributed by atoms with Gasteiger partial charge in [0.05, 0.1) is 29.1 Å². The first-order valence-electron chi connectivity index (χ1n) is 10.3. The molecule has 2 heterocycles. The average Bonchev–Trinajstić information content (AvgIpc) is 3.26. The number of hydrogen-bond acceptors (Lipinski definition) is 6. The molecular weight excluding hydrogens is 480 g/mol. The number of carbonyl (C=O) groups excluding carboxylic acids is 2. The zero-order valence-corrected chi connectivity index (χ0v) is 19.0. The quantitative estimate of drug-likeness (QED) is 0.382. The van der Waals surface area contributed by atoms with Crippen molar-refractivity contribution in [2.75, 3.05) is 17.7 Å². The van der Waals surface area contributed by atoms with Crippen molar-refractivity contribution in [1.82, 2.24) is 14.8 Å². The smallest absolute Gasteiger partial charge is 0.434 e. The number of nitrogens with two attached hydrogens (primary N) is 1. The second-order valence-corrected chi connectivity index (χ2v) is 7.64. The maximum absolute atomic E-state index is 14.3. The summed E-state index contributed by atoms with van der Waals surface area (Å²) in [6.45, 7) is 1.80. The first-order chi connectivity index (χ1) is 16.8. The average molecular weight is 498 g/mol. The van der Waals surface area contributed by atoms with Crippen LogP contribution in [0.3, 0.4) is 0 Å². The van der Waals surface area contributed by atoms with Gasteiger partial charge in [-0.2, -0.15) is 9.78 Å². The van der Waals surface area contributed by atoms with E-state index < -0.39 is 29.5 Å². The minimum absolute atomic E-state index is 0.0174. The summed E-state index contributed by atoms with van der Waals surface area (Å²) in [4.78, 5) is 29.1. The van der Waals surface area contributed by atoms with Crippen LogP contribution in [0.2, 0.25) is 5.02 Å². The molecule has 2 aromatic heterocycles. The normalized spacial score (nSPS) is 10.7. The van der Waals surface area contributed by atoms with Crippen LogP contribution >= 0.6 is 11.6 Å². The summed E-state index contributed by atoms with van der Waals surface area (Å²) in [7, 11) is 0. The molecule has 0 aliphatic carbocycles. The molecule has 4 aromatic rings. The van der Waals surface area contributed by atoms with E-state index in [1.165, 1.54) is 24.4 Å². The van der Waals surface area contributed by atoms with Gasteiger partial charge in [0.2, 0.25) is 0 Å². The minimum Gasteiger partial charge on any atom is -0.448 e. The molecule has 2 aromatic carbocycles. The fraction of sp³-hybridized carbons (Fsp3) is 0.0833. The van der Waals surface area contributed by atoms with E-state index in [-0.39, 0.29) is 34.1 Å². The third-order valence-electron chi connectivity index (χ3n) is 4.91. The third kappa shape index (κ3) is 4.97. The van der Waals surface area contributed by atoms with Crippen molar-refractivity contribution in [3.8, 4) is 22.5 Å². The van der Waals surface area contributed by atoms with Gasteiger partial charge < -0.3 is 15.8 Å². The Labute approximate surface area is 203 Å². The second kappa shape index (κ2) is 9.90. The van der Waals surface area contributed by atoms with Crippen molar-refractivity contribution >= 4 is 35.1 Å². The van der Waals surface area contributed by atoms with Crippen molar-refractivity contribution in [2.24, 2.45) is 0 Å². The summed E-state index contributed by atoms with van der Waals surface area (Å²) >= 11 is 6.24. The number of aromatic nitrogens is 3. The molecule has 0 unspecified atom stereocenters. The Bertz CT molecular complexity index is 1430. The molecule has 3 N–H and O–H groups in total. The Hall–Kier alpha value is -4.31. The second-order valence-electron chi connectivity index (χ2n) is 7.24. The lowest BCUT2D eigenvalue weighted by atomic mass is 10.1. The molecule has 0 spiro atoms. The molecule has 0 aliphatic heterocycles. The van der Waals surface area contributed by atoms with Gasteiger partial charge in [0.15, 0.2) is 17.5 Å². The van der Waals surface area contributed by atoms with Gasteiger partial charge in [-0.25, -0.2) is 18.6 Å². The fourth-order valence-electron chi connectivity index (χ4n) is 3.28. The zero-order valence-electron chi connectivity index (χ0n) is 18.3. The molecule has 35 heavy (non-hydrogen) atoms. The van der Waals surface area contributed by atoms with Crippen molar-refractivity contribution in [3.05, 3.63) is 83.0 Å². The number of anilines is 2. The monoisotopic (exact) mass is 497 g/mol. The first-order valence-corrected chi connectivity index (χ1v) is 10.7.